The maximum atomic E-state index is 13.5. The molecule has 0 radical (unpaired) electrons. The van der Waals surface area contributed by atoms with Crippen LogP contribution < -0.4 is 9.64 Å². The predicted molar refractivity (Wildman–Crippen MR) is 141 cm³/mol. The number of carbonyl (C=O) groups excluding carboxylic acids is 3. The van der Waals surface area contributed by atoms with Crippen LogP contribution in [-0.2, 0) is 14.3 Å². The first-order valence-corrected chi connectivity index (χ1v) is 12.4. The lowest BCUT2D eigenvalue weighted by Gasteiger charge is -2.23. The van der Waals surface area contributed by atoms with E-state index in [1.165, 1.54) is 19.1 Å². The topological polar surface area (TPSA) is 123 Å². The number of pyridine rings is 1. The molecule has 1 aliphatic rings. The van der Waals surface area contributed by atoms with Crippen molar-refractivity contribution < 1.29 is 29.0 Å². The molecule has 5 rings (SSSR count). The molecule has 1 unspecified atom stereocenters. The second-order valence-corrected chi connectivity index (χ2v) is 9.76. The van der Waals surface area contributed by atoms with Gasteiger partial charge in [-0.3, -0.25) is 14.5 Å². The van der Waals surface area contributed by atoms with Crippen LogP contribution in [0.5, 0.6) is 5.75 Å². The van der Waals surface area contributed by atoms with Crippen LogP contribution in [-0.4, -0.2) is 51.4 Å². The molecule has 0 saturated carbocycles. The molecule has 10 nitrogen and oxygen atoms in total. The largest absolute Gasteiger partial charge is 0.505 e. The summed E-state index contributed by atoms with van der Waals surface area (Å²) in [7, 11) is 2.76. The number of hydrogen-bond donors (Lipinski definition) is 1. The van der Waals surface area contributed by atoms with Gasteiger partial charge in [0.05, 0.1) is 37.2 Å². The van der Waals surface area contributed by atoms with Crippen LogP contribution in [0, 0.1) is 20.8 Å². The van der Waals surface area contributed by atoms with Gasteiger partial charge >= 0.3 is 11.9 Å². The third-order valence-electron chi connectivity index (χ3n) is 6.52. The zero-order valence-electron chi connectivity index (χ0n) is 21.3. The lowest BCUT2D eigenvalue weighted by molar-refractivity contribution is -0.132. The summed E-state index contributed by atoms with van der Waals surface area (Å²) >= 11 is 0.934. The van der Waals surface area contributed by atoms with E-state index in [1.807, 2.05) is 29.7 Å². The maximum absolute atomic E-state index is 13.5. The number of carbonyl (C=O) groups is 3. The van der Waals surface area contributed by atoms with E-state index in [9.17, 15) is 19.5 Å². The fourth-order valence-corrected chi connectivity index (χ4v) is 5.61. The fraction of sp³-hybridized carbons (Fsp3) is 0.222. The Bertz CT molecular complexity index is 1670. The monoisotopic (exact) mass is 532 g/mol. The van der Waals surface area contributed by atoms with Crippen molar-refractivity contribution in [2.24, 2.45) is 0 Å². The van der Waals surface area contributed by atoms with Crippen LogP contribution in [0.1, 0.15) is 43.9 Å². The number of imidazole rings is 1. The van der Waals surface area contributed by atoms with Gasteiger partial charge in [-0.25, -0.2) is 14.8 Å². The standard InChI is InChI=1S/C27H24N4O6S/c1-13-8-7-11-30-15(3)19(29-24(13)30)21(32)18-20(16-9-6-10-17(12-16)36-4)31(25(34)22(18)33)27-28-14(2)23(38-27)26(35)37-5/h6-12,20,32H,1-5H3. The minimum Gasteiger partial charge on any atom is -0.505 e. The average Bonchev–Trinajstić information content (AvgIpc) is 3.55. The summed E-state index contributed by atoms with van der Waals surface area (Å²) in [6.45, 7) is 5.29. The van der Waals surface area contributed by atoms with Crippen LogP contribution in [0.25, 0.3) is 11.4 Å². The van der Waals surface area contributed by atoms with E-state index in [1.54, 1.807) is 38.1 Å². The summed E-state index contributed by atoms with van der Waals surface area (Å²) < 4.78 is 12.0. The number of anilines is 1. The third-order valence-corrected chi connectivity index (χ3v) is 7.66. The first kappa shape index (κ1) is 25.2. The molecule has 0 bridgehead atoms. The van der Waals surface area contributed by atoms with Crippen molar-refractivity contribution in [2.75, 3.05) is 19.1 Å². The van der Waals surface area contributed by atoms with E-state index >= 15 is 0 Å². The molecule has 1 aliphatic heterocycles. The minimum atomic E-state index is -1.05. The third kappa shape index (κ3) is 3.82. The molecule has 1 amide bonds. The fourth-order valence-electron chi connectivity index (χ4n) is 4.60. The Hall–Kier alpha value is -4.51. The van der Waals surface area contributed by atoms with Gasteiger partial charge in [-0.2, -0.15) is 0 Å². The van der Waals surface area contributed by atoms with E-state index in [2.05, 4.69) is 9.97 Å². The Morgan fingerprint density at radius 1 is 1.08 bits per heavy atom. The van der Waals surface area contributed by atoms with Crippen LogP contribution >= 0.6 is 11.3 Å². The Morgan fingerprint density at radius 3 is 2.53 bits per heavy atom. The molecular weight excluding hydrogens is 508 g/mol. The molecule has 1 N–H and O–H groups in total. The number of benzene rings is 1. The Morgan fingerprint density at radius 2 is 1.84 bits per heavy atom. The van der Waals surface area contributed by atoms with Gasteiger partial charge in [-0.1, -0.05) is 29.5 Å². The second-order valence-electron chi connectivity index (χ2n) is 8.78. The van der Waals surface area contributed by atoms with Gasteiger partial charge < -0.3 is 19.0 Å². The predicted octanol–water partition coefficient (Wildman–Crippen LogP) is 4.14. The molecule has 1 aromatic carbocycles. The molecule has 4 aromatic rings. The molecule has 1 fully saturated rings. The average molecular weight is 533 g/mol. The summed E-state index contributed by atoms with van der Waals surface area (Å²) in [5.74, 6) is -2.28. The van der Waals surface area contributed by atoms with Crippen molar-refractivity contribution >= 4 is 45.5 Å². The summed E-state index contributed by atoms with van der Waals surface area (Å²) in [6, 6.07) is 9.56. The van der Waals surface area contributed by atoms with Crippen molar-refractivity contribution in [3.05, 3.63) is 81.3 Å². The van der Waals surface area contributed by atoms with Crippen LogP contribution in [0.4, 0.5) is 5.13 Å². The number of aliphatic hydroxyl groups excluding tert-OH is 1. The number of aryl methyl sites for hydroxylation is 3. The van der Waals surface area contributed by atoms with Gasteiger partial charge in [0.15, 0.2) is 10.9 Å². The van der Waals surface area contributed by atoms with Gasteiger partial charge in [-0.05, 0) is 50.1 Å². The van der Waals surface area contributed by atoms with E-state index in [4.69, 9.17) is 9.47 Å². The second kappa shape index (κ2) is 9.42. The number of Topliss-reactive ketones (excluding diaryl/α,β-unsaturated/α-hetero) is 1. The van der Waals surface area contributed by atoms with Gasteiger partial charge in [0.1, 0.15) is 22.0 Å². The number of methoxy groups -OCH3 is 2. The summed E-state index contributed by atoms with van der Waals surface area (Å²) in [5.41, 5.74) is 3.03. The number of rotatable bonds is 5. The SMILES string of the molecule is COC(=O)c1sc(N2C(=O)C(=O)C(=C(O)c3nc4c(C)cccn4c3C)C2c2cccc(OC)c2)nc1C. The number of amides is 1. The van der Waals surface area contributed by atoms with E-state index in [-0.39, 0.29) is 21.3 Å². The number of ketones is 1. The van der Waals surface area contributed by atoms with E-state index < -0.39 is 29.5 Å². The molecule has 4 heterocycles. The first-order valence-electron chi connectivity index (χ1n) is 11.6. The van der Waals surface area contributed by atoms with Gasteiger partial charge in [0.25, 0.3) is 5.78 Å². The summed E-state index contributed by atoms with van der Waals surface area (Å²) in [6.07, 6.45) is 1.81. The van der Waals surface area contributed by atoms with E-state index in [0.717, 1.165) is 16.9 Å². The van der Waals surface area contributed by atoms with Gasteiger partial charge in [0.2, 0.25) is 0 Å². The lowest BCUT2D eigenvalue weighted by atomic mass is 9.96. The maximum Gasteiger partial charge on any atom is 0.350 e. The number of nitrogens with zero attached hydrogens (tertiary/aromatic N) is 4. The Kier molecular flexibility index (Phi) is 6.23. The van der Waals surface area contributed by atoms with Crippen LogP contribution in [0.3, 0.4) is 0 Å². The molecule has 0 spiro atoms. The van der Waals surface area contributed by atoms with Crippen molar-refractivity contribution in [1.82, 2.24) is 14.4 Å². The zero-order chi connectivity index (χ0) is 27.3. The van der Waals surface area contributed by atoms with Crippen molar-refractivity contribution in [1.29, 1.82) is 0 Å². The normalized spacial score (nSPS) is 16.9. The summed E-state index contributed by atoms with van der Waals surface area (Å²) in [5, 5.41) is 11.7. The van der Waals surface area contributed by atoms with Crippen molar-refractivity contribution in [3.63, 3.8) is 0 Å². The van der Waals surface area contributed by atoms with Crippen LogP contribution in [0.15, 0.2) is 48.2 Å². The quantitative estimate of drug-likeness (QED) is 0.176. The Labute approximate surface area is 221 Å². The molecule has 0 aliphatic carbocycles. The molecule has 11 heteroatoms. The van der Waals surface area contributed by atoms with Gasteiger partial charge in [-0.15, -0.1) is 0 Å². The highest BCUT2D eigenvalue weighted by molar-refractivity contribution is 7.17. The Balaban J connectivity index is 1.76. The molecule has 1 saturated heterocycles. The molecule has 194 valence electrons. The number of aliphatic hydroxyl groups is 1. The number of hydrogen-bond acceptors (Lipinski definition) is 9. The van der Waals surface area contributed by atoms with E-state index in [0.29, 0.717) is 28.3 Å². The minimum absolute atomic E-state index is 0.124. The highest BCUT2D eigenvalue weighted by Crippen LogP contribution is 2.44. The van der Waals surface area contributed by atoms with Crippen molar-refractivity contribution in [3.8, 4) is 5.75 Å². The highest BCUT2D eigenvalue weighted by atomic mass is 32.1. The number of thiazole rings is 1. The lowest BCUT2D eigenvalue weighted by Crippen LogP contribution is -2.29. The highest BCUT2D eigenvalue weighted by Gasteiger charge is 2.49. The summed E-state index contributed by atoms with van der Waals surface area (Å²) in [4.78, 5) is 49.7. The molecule has 1 atom stereocenters. The number of ether oxygens (including phenoxy) is 2. The molecule has 3 aromatic heterocycles. The zero-order valence-corrected chi connectivity index (χ0v) is 22.1. The number of fused-ring (bicyclic) bond motifs is 1. The smallest absolute Gasteiger partial charge is 0.350 e. The molecular formula is C27H24N4O6S. The first-order chi connectivity index (χ1) is 18.2. The van der Waals surface area contributed by atoms with Crippen LogP contribution in [0.2, 0.25) is 0 Å². The number of esters is 1. The van der Waals surface area contributed by atoms with Crippen molar-refractivity contribution in [2.45, 2.75) is 26.8 Å². The molecule has 38 heavy (non-hydrogen) atoms. The number of aromatic nitrogens is 3. The van der Waals surface area contributed by atoms with Gasteiger partial charge in [0, 0.05) is 6.20 Å².